The first-order valence-electron chi connectivity index (χ1n) is 7.42. The third-order valence-electron chi connectivity index (χ3n) is 3.70. The summed E-state index contributed by atoms with van der Waals surface area (Å²) in [5.41, 5.74) is 1.43. The van der Waals surface area contributed by atoms with E-state index in [1.165, 1.54) is 0 Å². The number of hydrogen-bond donors (Lipinski definition) is 1. The highest BCUT2D eigenvalue weighted by Crippen LogP contribution is 2.29. The van der Waals surface area contributed by atoms with Crippen molar-refractivity contribution in [1.82, 2.24) is 5.32 Å². The molecule has 128 valence electrons. The highest BCUT2D eigenvalue weighted by Gasteiger charge is 2.14. The zero-order valence-corrected chi connectivity index (χ0v) is 15.0. The third-order valence-corrected chi connectivity index (χ3v) is 4.64. The molecule has 0 saturated carbocycles. The Morgan fingerprint density at radius 1 is 1.04 bits per heavy atom. The Balaban J connectivity index is 2.12. The molecule has 2 unspecified atom stereocenters. The van der Waals surface area contributed by atoms with Gasteiger partial charge in [-0.05, 0) is 48.9 Å². The molecule has 6 heteroatoms. The summed E-state index contributed by atoms with van der Waals surface area (Å²) < 4.78 is 21.9. The molecule has 0 radical (unpaired) electrons. The third kappa shape index (κ3) is 4.14. The van der Waals surface area contributed by atoms with Gasteiger partial charge in [0.1, 0.15) is 0 Å². The van der Waals surface area contributed by atoms with Crippen molar-refractivity contribution in [2.75, 3.05) is 20.5 Å². The van der Waals surface area contributed by atoms with Gasteiger partial charge in [0.05, 0.1) is 20.3 Å². The normalized spacial score (nSPS) is 13.0. The molecule has 2 aromatic carbocycles. The predicted molar refractivity (Wildman–Crippen MR) is 94.2 cm³/mol. The first-order valence-corrected chi connectivity index (χ1v) is 8.98. The molecule has 0 spiro atoms. The minimum Gasteiger partial charge on any atom is -0.493 e. The molecule has 24 heavy (non-hydrogen) atoms. The van der Waals surface area contributed by atoms with Crippen molar-refractivity contribution in [3.8, 4) is 11.5 Å². The second kappa shape index (κ2) is 7.97. The van der Waals surface area contributed by atoms with E-state index >= 15 is 0 Å². The Labute approximate surface area is 144 Å². The monoisotopic (exact) mass is 347 g/mol. The number of carbonyl (C=O) groups is 1. The van der Waals surface area contributed by atoms with Crippen LogP contribution in [0.4, 0.5) is 0 Å². The van der Waals surface area contributed by atoms with Gasteiger partial charge in [0.25, 0.3) is 5.91 Å². The maximum Gasteiger partial charge on any atom is 0.251 e. The van der Waals surface area contributed by atoms with Gasteiger partial charge in [-0.1, -0.05) is 6.07 Å². The van der Waals surface area contributed by atoms with Crippen LogP contribution in [0.15, 0.2) is 47.4 Å². The largest absolute Gasteiger partial charge is 0.493 e. The number of nitrogens with one attached hydrogen (secondary N) is 1. The molecule has 0 aliphatic rings. The van der Waals surface area contributed by atoms with Crippen molar-refractivity contribution in [1.29, 1.82) is 0 Å². The van der Waals surface area contributed by atoms with Gasteiger partial charge in [0.15, 0.2) is 11.5 Å². The van der Waals surface area contributed by atoms with Gasteiger partial charge >= 0.3 is 0 Å². The van der Waals surface area contributed by atoms with E-state index in [0.29, 0.717) is 22.0 Å². The predicted octanol–water partition coefficient (Wildman–Crippen LogP) is 2.93. The Morgan fingerprint density at radius 3 is 2.21 bits per heavy atom. The van der Waals surface area contributed by atoms with Crippen molar-refractivity contribution in [2.24, 2.45) is 0 Å². The summed E-state index contributed by atoms with van der Waals surface area (Å²) in [6.07, 6.45) is 1.61. The molecule has 0 heterocycles. The van der Waals surface area contributed by atoms with Gasteiger partial charge in [0, 0.05) is 27.5 Å². The summed E-state index contributed by atoms with van der Waals surface area (Å²) in [5.74, 6) is 1.07. The molecule has 0 aromatic heterocycles. The molecule has 1 N–H and O–H groups in total. The topological polar surface area (TPSA) is 64.6 Å². The quantitative estimate of drug-likeness (QED) is 0.873. The lowest BCUT2D eigenvalue weighted by atomic mass is 10.1. The molecule has 0 aliphatic carbocycles. The molecule has 5 nitrogen and oxygen atoms in total. The molecule has 0 aliphatic heterocycles. The number of ether oxygens (including phenoxy) is 2. The van der Waals surface area contributed by atoms with Crippen LogP contribution in [0.25, 0.3) is 0 Å². The van der Waals surface area contributed by atoms with Crippen LogP contribution in [0.5, 0.6) is 11.5 Å². The van der Waals surface area contributed by atoms with Gasteiger partial charge in [-0.2, -0.15) is 0 Å². The van der Waals surface area contributed by atoms with Gasteiger partial charge in [-0.3, -0.25) is 9.00 Å². The summed E-state index contributed by atoms with van der Waals surface area (Å²) >= 11 is 0. The molecule has 2 rings (SSSR count). The van der Waals surface area contributed by atoms with Crippen molar-refractivity contribution < 1.29 is 18.5 Å². The molecule has 2 aromatic rings. The maximum atomic E-state index is 12.3. The summed E-state index contributed by atoms with van der Waals surface area (Å²) in [7, 11) is 2.10. The van der Waals surface area contributed by atoms with E-state index in [1.807, 2.05) is 25.1 Å². The smallest absolute Gasteiger partial charge is 0.251 e. The minimum atomic E-state index is -1.06. The van der Waals surface area contributed by atoms with Crippen LogP contribution < -0.4 is 14.8 Å². The number of carbonyl (C=O) groups excluding carboxylic acids is 1. The van der Waals surface area contributed by atoms with E-state index in [0.717, 1.165) is 5.56 Å². The average Bonchev–Trinajstić information content (AvgIpc) is 2.60. The van der Waals surface area contributed by atoms with E-state index < -0.39 is 10.8 Å². The van der Waals surface area contributed by atoms with Crippen LogP contribution in [0.3, 0.4) is 0 Å². The zero-order chi connectivity index (χ0) is 17.7. The molecule has 0 saturated heterocycles. The van der Waals surface area contributed by atoms with Crippen molar-refractivity contribution in [3.05, 3.63) is 53.6 Å². The molecular formula is C18H21NO4S. The van der Waals surface area contributed by atoms with E-state index in [2.05, 4.69) is 5.32 Å². The van der Waals surface area contributed by atoms with Gasteiger partial charge in [0.2, 0.25) is 0 Å². The molecule has 1 amide bonds. The number of methoxy groups -OCH3 is 2. The fourth-order valence-corrected chi connectivity index (χ4v) is 2.80. The Bertz CT molecular complexity index is 743. The zero-order valence-electron chi connectivity index (χ0n) is 14.2. The van der Waals surface area contributed by atoms with Crippen LogP contribution in [0, 0.1) is 0 Å². The highest BCUT2D eigenvalue weighted by molar-refractivity contribution is 7.84. The highest BCUT2D eigenvalue weighted by atomic mass is 32.2. The second-order valence-electron chi connectivity index (χ2n) is 5.29. The van der Waals surface area contributed by atoms with Crippen LogP contribution >= 0.6 is 0 Å². The lowest BCUT2D eigenvalue weighted by Crippen LogP contribution is -2.26. The minimum absolute atomic E-state index is 0.189. The summed E-state index contributed by atoms with van der Waals surface area (Å²) in [6, 6.07) is 12.1. The number of rotatable bonds is 6. The maximum absolute atomic E-state index is 12.3. The molecule has 0 fully saturated rings. The Hall–Kier alpha value is -2.34. The molecular weight excluding hydrogens is 326 g/mol. The molecule has 0 bridgehead atoms. The summed E-state index contributed by atoms with van der Waals surface area (Å²) in [4.78, 5) is 13.0. The Kier molecular flexibility index (Phi) is 5.98. The van der Waals surface area contributed by atoms with Crippen LogP contribution in [-0.4, -0.2) is 30.6 Å². The average molecular weight is 347 g/mol. The molecule has 2 atom stereocenters. The number of benzene rings is 2. The van der Waals surface area contributed by atoms with Gasteiger partial charge in [-0.15, -0.1) is 0 Å². The fraction of sp³-hybridized carbons (Fsp3) is 0.278. The number of hydrogen-bond acceptors (Lipinski definition) is 4. The van der Waals surface area contributed by atoms with Crippen molar-refractivity contribution in [3.63, 3.8) is 0 Å². The fourth-order valence-electron chi connectivity index (χ4n) is 2.28. The van der Waals surface area contributed by atoms with E-state index in [1.54, 1.807) is 44.7 Å². The number of amides is 1. The van der Waals surface area contributed by atoms with E-state index in [-0.39, 0.29) is 11.9 Å². The van der Waals surface area contributed by atoms with Crippen molar-refractivity contribution >= 4 is 16.7 Å². The first-order chi connectivity index (χ1) is 11.5. The lowest BCUT2D eigenvalue weighted by molar-refractivity contribution is 0.0939. The van der Waals surface area contributed by atoms with E-state index in [4.69, 9.17) is 9.47 Å². The van der Waals surface area contributed by atoms with Crippen LogP contribution in [0.2, 0.25) is 0 Å². The van der Waals surface area contributed by atoms with Crippen LogP contribution in [-0.2, 0) is 10.8 Å². The van der Waals surface area contributed by atoms with Gasteiger partial charge in [-0.25, -0.2) is 0 Å². The van der Waals surface area contributed by atoms with E-state index in [9.17, 15) is 9.00 Å². The SMILES string of the molecule is COc1ccc(C(C)NC(=O)c2ccc(S(C)=O)cc2)cc1OC. The lowest BCUT2D eigenvalue weighted by Gasteiger charge is -2.16. The summed E-state index contributed by atoms with van der Waals surface area (Å²) in [5, 5.41) is 2.94. The van der Waals surface area contributed by atoms with Crippen molar-refractivity contribution in [2.45, 2.75) is 17.9 Å². The van der Waals surface area contributed by atoms with Crippen LogP contribution in [0.1, 0.15) is 28.9 Å². The first kappa shape index (κ1) is 18.0. The Morgan fingerprint density at radius 2 is 1.67 bits per heavy atom. The summed E-state index contributed by atoms with van der Waals surface area (Å²) in [6.45, 7) is 1.90. The van der Waals surface area contributed by atoms with Gasteiger partial charge < -0.3 is 14.8 Å². The second-order valence-corrected chi connectivity index (χ2v) is 6.67. The standard InChI is InChI=1S/C18H21NO4S/c1-12(14-7-10-16(22-2)17(11-14)23-3)19-18(20)13-5-8-15(9-6-13)24(4)21/h5-12H,1-4H3,(H,19,20).